The second-order valence-corrected chi connectivity index (χ2v) is 5.69. The zero-order chi connectivity index (χ0) is 16.9. The Morgan fingerprint density at radius 1 is 0.875 bits per heavy atom. The summed E-state index contributed by atoms with van der Waals surface area (Å²) < 4.78 is 0. The number of hydrogen-bond donors (Lipinski definition) is 2. The number of amides is 1. The molecule has 1 aromatic heterocycles. The van der Waals surface area contributed by atoms with Gasteiger partial charge in [-0.15, -0.1) is 10.2 Å². The molecule has 2 aromatic carbocycles. The highest BCUT2D eigenvalue weighted by Gasteiger charge is 2.07. The Morgan fingerprint density at radius 2 is 1.50 bits per heavy atom. The fourth-order valence-corrected chi connectivity index (χ4v) is 2.17. The molecule has 0 aliphatic heterocycles. The van der Waals surface area contributed by atoms with Gasteiger partial charge in [0.2, 0.25) is 0 Å². The maximum atomic E-state index is 12.1. The third-order valence-corrected chi connectivity index (χ3v) is 3.59. The van der Waals surface area contributed by atoms with Gasteiger partial charge in [0.05, 0.1) is 0 Å². The van der Waals surface area contributed by atoms with E-state index in [0.717, 1.165) is 5.69 Å². The zero-order valence-electron chi connectivity index (χ0n) is 13.0. The second-order valence-electron chi connectivity index (χ2n) is 5.26. The molecule has 1 amide bonds. The molecule has 120 valence electrons. The number of aryl methyl sites for hydroxylation is 1. The van der Waals surface area contributed by atoms with E-state index in [9.17, 15) is 4.79 Å². The van der Waals surface area contributed by atoms with E-state index in [-0.39, 0.29) is 5.91 Å². The van der Waals surface area contributed by atoms with E-state index < -0.39 is 0 Å². The predicted molar refractivity (Wildman–Crippen MR) is 95.9 cm³/mol. The van der Waals surface area contributed by atoms with Crippen molar-refractivity contribution in [2.45, 2.75) is 6.92 Å². The molecular weight excluding hydrogens is 324 g/mol. The minimum atomic E-state index is -0.264. The van der Waals surface area contributed by atoms with Crippen LogP contribution in [-0.2, 0) is 0 Å². The standard InChI is InChI=1S/C18H15ClN4O/c1-12-2-8-15(9-3-12)20-16-10-11-17(23-22-16)21-18(24)13-4-6-14(19)7-5-13/h2-11H,1H3,(H,20,22)(H,21,23,24). The van der Waals surface area contributed by atoms with Crippen LogP contribution in [0.4, 0.5) is 17.3 Å². The summed E-state index contributed by atoms with van der Waals surface area (Å²) in [6.45, 7) is 2.03. The number of nitrogens with one attached hydrogen (secondary N) is 2. The molecule has 0 saturated carbocycles. The molecule has 0 atom stereocenters. The molecule has 1 heterocycles. The zero-order valence-corrected chi connectivity index (χ0v) is 13.7. The predicted octanol–water partition coefficient (Wildman–Crippen LogP) is 4.43. The first kappa shape index (κ1) is 16.0. The van der Waals surface area contributed by atoms with E-state index in [1.54, 1.807) is 36.4 Å². The largest absolute Gasteiger partial charge is 0.339 e. The van der Waals surface area contributed by atoms with Crippen LogP contribution in [0.25, 0.3) is 0 Å². The van der Waals surface area contributed by atoms with Crippen LogP contribution in [0.3, 0.4) is 0 Å². The lowest BCUT2D eigenvalue weighted by Crippen LogP contribution is -2.13. The summed E-state index contributed by atoms with van der Waals surface area (Å²) in [5.74, 6) is 0.716. The van der Waals surface area contributed by atoms with Crippen molar-refractivity contribution in [3.8, 4) is 0 Å². The van der Waals surface area contributed by atoms with E-state index in [4.69, 9.17) is 11.6 Å². The molecule has 5 nitrogen and oxygen atoms in total. The Morgan fingerprint density at radius 3 is 2.12 bits per heavy atom. The highest BCUT2D eigenvalue weighted by atomic mass is 35.5. The van der Waals surface area contributed by atoms with Gasteiger partial charge >= 0.3 is 0 Å². The van der Waals surface area contributed by atoms with Crippen molar-refractivity contribution >= 4 is 34.8 Å². The summed E-state index contributed by atoms with van der Waals surface area (Å²) in [4.78, 5) is 12.1. The van der Waals surface area contributed by atoms with Crippen molar-refractivity contribution in [1.29, 1.82) is 0 Å². The fourth-order valence-electron chi connectivity index (χ4n) is 2.04. The molecule has 0 aliphatic carbocycles. The fraction of sp³-hybridized carbons (Fsp3) is 0.0556. The van der Waals surface area contributed by atoms with Crippen LogP contribution in [-0.4, -0.2) is 16.1 Å². The molecule has 0 fully saturated rings. The van der Waals surface area contributed by atoms with Crippen LogP contribution in [0.5, 0.6) is 0 Å². The number of hydrogen-bond acceptors (Lipinski definition) is 4. The van der Waals surface area contributed by atoms with Crippen molar-refractivity contribution in [3.63, 3.8) is 0 Å². The number of aromatic nitrogens is 2. The summed E-state index contributed by atoms with van der Waals surface area (Å²) in [7, 11) is 0. The lowest BCUT2D eigenvalue weighted by atomic mass is 10.2. The SMILES string of the molecule is Cc1ccc(Nc2ccc(NC(=O)c3ccc(Cl)cc3)nn2)cc1. The van der Waals surface area contributed by atoms with Gasteiger partial charge in [-0.2, -0.15) is 0 Å². The van der Waals surface area contributed by atoms with Crippen molar-refractivity contribution in [1.82, 2.24) is 10.2 Å². The quantitative estimate of drug-likeness (QED) is 0.738. The highest BCUT2D eigenvalue weighted by Crippen LogP contribution is 2.16. The Bertz CT molecular complexity index is 830. The number of halogens is 1. The van der Waals surface area contributed by atoms with Gasteiger partial charge in [0.1, 0.15) is 0 Å². The van der Waals surface area contributed by atoms with E-state index >= 15 is 0 Å². The lowest BCUT2D eigenvalue weighted by molar-refractivity contribution is 0.102. The first-order valence-corrected chi connectivity index (χ1v) is 7.72. The second kappa shape index (κ2) is 7.10. The summed E-state index contributed by atoms with van der Waals surface area (Å²) in [5.41, 5.74) is 2.61. The summed E-state index contributed by atoms with van der Waals surface area (Å²) in [6, 6.07) is 18.0. The van der Waals surface area contributed by atoms with E-state index in [1.165, 1.54) is 5.56 Å². The topological polar surface area (TPSA) is 66.9 Å². The van der Waals surface area contributed by atoms with Crippen molar-refractivity contribution in [3.05, 3.63) is 76.8 Å². The first-order valence-electron chi connectivity index (χ1n) is 7.34. The first-order chi connectivity index (χ1) is 11.6. The van der Waals surface area contributed by atoms with Gasteiger partial charge in [-0.05, 0) is 55.5 Å². The van der Waals surface area contributed by atoms with Gasteiger partial charge in [-0.1, -0.05) is 29.3 Å². The average Bonchev–Trinajstić information content (AvgIpc) is 2.59. The molecule has 3 rings (SSSR count). The Hall–Kier alpha value is -2.92. The molecule has 3 aromatic rings. The molecular formula is C18H15ClN4O. The minimum Gasteiger partial charge on any atom is -0.339 e. The summed E-state index contributed by atoms with van der Waals surface area (Å²) in [6.07, 6.45) is 0. The number of rotatable bonds is 4. The number of anilines is 3. The highest BCUT2D eigenvalue weighted by molar-refractivity contribution is 6.30. The van der Waals surface area contributed by atoms with E-state index in [0.29, 0.717) is 22.2 Å². The van der Waals surface area contributed by atoms with Gasteiger partial charge < -0.3 is 10.6 Å². The molecule has 0 aliphatic rings. The number of nitrogens with zero attached hydrogens (tertiary/aromatic N) is 2. The minimum absolute atomic E-state index is 0.264. The monoisotopic (exact) mass is 338 g/mol. The molecule has 0 spiro atoms. The Kier molecular flexibility index (Phi) is 4.72. The number of benzene rings is 2. The van der Waals surface area contributed by atoms with Crippen LogP contribution < -0.4 is 10.6 Å². The molecule has 2 N–H and O–H groups in total. The molecule has 0 saturated heterocycles. The molecule has 0 bridgehead atoms. The van der Waals surface area contributed by atoms with Gasteiger partial charge in [-0.25, -0.2) is 0 Å². The molecule has 0 radical (unpaired) electrons. The third kappa shape index (κ3) is 4.08. The van der Waals surface area contributed by atoms with Crippen LogP contribution in [0.2, 0.25) is 5.02 Å². The normalized spacial score (nSPS) is 10.2. The summed E-state index contributed by atoms with van der Waals surface area (Å²) >= 11 is 5.81. The maximum absolute atomic E-state index is 12.1. The molecule has 0 unspecified atom stereocenters. The van der Waals surface area contributed by atoms with E-state index in [2.05, 4.69) is 20.8 Å². The van der Waals surface area contributed by atoms with Crippen molar-refractivity contribution < 1.29 is 4.79 Å². The third-order valence-electron chi connectivity index (χ3n) is 3.34. The van der Waals surface area contributed by atoms with Crippen molar-refractivity contribution in [2.75, 3.05) is 10.6 Å². The lowest BCUT2D eigenvalue weighted by Gasteiger charge is -2.07. The van der Waals surface area contributed by atoms with Gasteiger partial charge in [-0.3, -0.25) is 4.79 Å². The van der Waals surface area contributed by atoms with Gasteiger partial charge in [0, 0.05) is 16.3 Å². The smallest absolute Gasteiger partial charge is 0.256 e. The Balaban J connectivity index is 1.64. The summed E-state index contributed by atoms with van der Waals surface area (Å²) in [5, 5.41) is 14.5. The van der Waals surface area contributed by atoms with Crippen LogP contribution >= 0.6 is 11.6 Å². The van der Waals surface area contributed by atoms with Gasteiger partial charge in [0.25, 0.3) is 5.91 Å². The van der Waals surface area contributed by atoms with E-state index in [1.807, 2.05) is 31.2 Å². The number of carbonyl (C=O) groups excluding carboxylic acids is 1. The molecule has 24 heavy (non-hydrogen) atoms. The number of carbonyl (C=O) groups is 1. The average molecular weight is 339 g/mol. The Labute approximate surface area is 144 Å². The van der Waals surface area contributed by atoms with Crippen LogP contribution in [0.15, 0.2) is 60.7 Å². The molecule has 6 heteroatoms. The van der Waals surface area contributed by atoms with Crippen molar-refractivity contribution in [2.24, 2.45) is 0 Å². The van der Waals surface area contributed by atoms with Crippen LogP contribution in [0, 0.1) is 6.92 Å². The van der Waals surface area contributed by atoms with Crippen LogP contribution in [0.1, 0.15) is 15.9 Å². The van der Waals surface area contributed by atoms with Gasteiger partial charge in [0.15, 0.2) is 11.6 Å². The maximum Gasteiger partial charge on any atom is 0.256 e.